The van der Waals surface area contributed by atoms with Crippen LogP contribution < -0.4 is 0 Å². The second-order valence-electron chi connectivity index (χ2n) is 6.32. The third-order valence-electron chi connectivity index (χ3n) is 3.72. The molecule has 19 heavy (non-hydrogen) atoms. The molecule has 0 unspecified atom stereocenters. The molecule has 1 aromatic rings. The topological polar surface area (TPSA) is 53.4 Å². The highest BCUT2D eigenvalue weighted by Crippen LogP contribution is 2.33. The van der Waals surface area contributed by atoms with Crippen LogP contribution >= 0.6 is 0 Å². The van der Waals surface area contributed by atoms with E-state index in [-0.39, 0.29) is 11.3 Å². The van der Waals surface area contributed by atoms with Crippen molar-refractivity contribution in [3.8, 4) is 0 Å². The van der Waals surface area contributed by atoms with E-state index >= 15 is 0 Å². The van der Waals surface area contributed by atoms with E-state index in [1.807, 2.05) is 37.8 Å². The number of aromatic nitrogens is 1. The maximum absolute atomic E-state index is 12.2. The monoisotopic (exact) mass is 262 g/mol. The normalized spacial score (nSPS) is 19.3. The molecule has 1 N–H and O–H groups in total. The second kappa shape index (κ2) is 4.93. The van der Waals surface area contributed by atoms with Crippen LogP contribution in [0, 0.1) is 5.41 Å². The first-order chi connectivity index (χ1) is 8.83. The standard InChI is InChI=1S/C15H22N2O2/c1-14(2,3)13(18)17-9-6-15(19,7-10-17)12-5-4-8-16-11-12/h4-5,8,11,19H,6-7,9-10H2,1-3H3. The number of likely N-dealkylation sites (tertiary alicyclic amines) is 1. The van der Waals surface area contributed by atoms with E-state index in [0.29, 0.717) is 25.9 Å². The van der Waals surface area contributed by atoms with Crippen molar-refractivity contribution in [3.63, 3.8) is 0 Å². The molecule has 1 amide bonds. The van der Waals surface area contributed by atoms with Crippen molar-refractivity contribution in [1.82, 2.24) is 9.88 Å². The van der Waals surface area contributed by atoms with Crippen molar-refractivity contribution < 1.29 is 9.90 Å². The smallest absolute Gasteiger partial charge is 0.227 e. The van der Waals surface area contributed by atoms with Gasteiger partial charge in [-0.2, -0.15) is 0 Å². The minimum atomic E-state index is -0.844. The number of amides is 1. The van der Waals surface area contributed by atoms with Gasteiger partial charge in [0.25, 0.3) is 0 Å². The number of hydrogen-bond acceptors (Lipinski definition) is 3. The Morgan fingerprint density at radius 3 is 2.47 bits per heavy atom. The number of hydrogen-bond donors (Lipinski definition) is 1. The molecule has 2 heterocycles. The number of piperidine rings is 1. The van der Waals surface area contributed by atoms with Crippen LogP contribution in [-0.4, -0.2) is 34.0 Å². The van der Waals surface area contributed by atoms with Gasteiger partial charge in [-0.15, -0.1) is 0 Å². The summed E-state index contributed by atoms with van der Waals surface area (Å²) in [5.74, 6) is 0.153. The van der Waals surface area contributed by atoms with Gasteiger partial charge >= 0.3 is 0 Å². The molecule has 104 valence electrons. The minimum absolute atomic E-state index is 0.153. The van der Waals surface area contributed by atoms with E-state index in [4.69, 9.17) is 0 Å². The number of nitrogens with zero attached hydrogens (tertiary/aromatic N) is 2. The summed E-state index contributed by atoms with van der Waals surface area (Å²) in [7, 11) is 0. The van der Waals surface area contributed by atoms with Crippen LogP contribution in [0.15, 0.2) is 24.5 Å². The van der Waals surface area contributed by atoms with Crippen molar-refractivity contribution in [2.45, 2.75) is 39.2 Å². The van der Waals surface area contributed by atoms with Gasteiger partial charge in [0.2, 0.25) is 5.91 Å². The summed E-state index contributed by atoms with van der Waals surface area (Å²) in [5.41, 5.74) is -0.356. The van der Waals surface area contributed by atoms with Crippen LogP contribution in [0.25, 0.3) is 0 Å². The Balaban J connectivity index is 2.05. The zero-order valence-corrected chi connectivity index (χ0v) is 11.9. The third kappa shape index (κ3) is 2.95. The van der Waals surface area contributed by atoms with Crippen LogP contribution in [0.1, 0.15) is 39.2 Å². The van der Waals surface area contributed by atoms with E-state index in [1.165, 1.54) is 0 Å². The molecule has 1 aromatic heterocycles. The van der Waals surface area contributed by atoms with Gasteiger partial charge in [0.15, 0.2) is 0 Å². The average molecular weight is 262 g/mol. The molecule has 2 rings (SSSR count). The zero-order chi connectivity index (χ0) is 14.1. The van der Waals surface area contributed by atoms with Crippen LogP contribution in [0.2, 0.25) is 0 Å². The second-order valence-corrected chi connectivity index (χ2v) is 6.32. The molecule has 1 aliphatic heterocycles. The van der Waals surface area contributed by atoms with Gasteiger partial charge in [0.05, 0.1) is 5.60 Å². The summed E-state index contributed by atoms with van der Waals surface area (Å²) in [5, 5.41) is 10.7. The Kier molecular flexibility index (Phi) is 3.63. The van der Waals surface area contributed by atoms with Gasteiger partial charge in [-0.3, -0.25) is 9.78 Å². The number of carbonyl (C=O) groups excluding carboxylic acids is 1. The first-order valence-electron chi connectivity index (χ1n) is 6.75. The van der Waals surface area contributed by atoms with Gasteiger partial charge in [-0.1, -0.05) is 26.8 Å². The largest absolute Gasteiger partial charge is 0.385 e. The highest BCUT2D eigenvalue weighted by Gasteiger charge is 2.37. The lowest BCUT2D eigenvalue weighted by Crippen LogP contribution is -2.48. The van der Waals surface area contributed by atoms with Gasteiger partial charge < -0.3 is 10.0 Å². The SMILES string of the molecule is CC(C)(C)C(=O)N1CCC(O)(c2cccnc2)CC1. The van der Waals surface area contributed by atoms with Gasteiger partial charge in [0.1, 0.15) is 0 Å². The van der Waals surface area contributed by atoms with E-state index in [0.717, 1.165) is 5.56 Å². The molecule has 1 fully saturated rings. The van der Waals surface area contributed by atoms with Gasteiger partial charge in [0, 0.05) is 36.5 Å². The number of pyridine rings is 1. The molecule has 0 saturated carbocycles. The Hall–Kier alpha value is -1.42. The third-order valence-corrected chi connectivity index (χ3v) is 3.72. The summed E-state index contributed by atoms with van der Waals surface area (Å²) >= 11 is 0. The van der Waals surface area contributed by atoms with E-state index in [1.54, 1.807) is 12.4 Å². The summed E-state index contributed by atoms with van der Waals surface area (Å²) < 4.78 is 0. The average Bonchev–Trinajstić information content (AvgIpc) is 2.39. The molecular weight excluding hydrogens is 240 g/mol. The van der Waals surface area contributed by atoms with Crippen molar-refractivity contribution >= 4 is 5.91 Å². The molecule has 4 nitrogen and oxygen atoms in total. The summed E-state index contributed by atoms with van der Waals surface area (Å²) in [6.45, 7) is 6.98. The molecule has 0 radical (unpaired) electrons. The highest BCUT2D eigenvalue weighted by molar-refractivity contribution is 5.81. The van der Waals surface area contributed by atoms with Crippen molar-refractivity contribution in [3.05, 3.63) is 30.1 Å². The van der Waals surface area contributed by atoms with E-state index in [9.17, 15) is 9.90 Å². The lowest BCUT2D eigenvalue weighted by Gasteiger charge is -2.40. The van der Waals surface area contributed by atoms with E-state index in [2.05, 4.69) is 4.98 Å². The summed E-state index contributed by atoms with van der Waals surface area (Å²) in [6.07, 6.45) is 4.55. The van der Waals surface area contributed by atoms with Crippen molar-refractivity contribution in [2.75, 3.05) is 13.1 Å². The molecule has 1 saturated heterocycles. The van der Waals surface area contributed by atoms with Gasteiger partial charge in [-0.25, -0.2) is 0 Å². The summed E-state index contributed by atoms with van der Waals surface area (Å²) in [6, 6.07) is 3.73. The lowest BCUT2D eigenvalue weighted by molar-refractivity contribution is -0.144. The predicted molar refractivity (Wildman–Crippen MR) is 73.4 cm³/mol. The lowest BCUT2D eigenvalue weighted by atomic mass is 9.84. The molecule has 0 aliphatic carbocycles. The van der Waals surface area contributed by atoms with E-state index < -0.39 is 5.60 Å². The fraction of sp³-hybridized carbons (Fsp3) is 0.600. The molecule has 0 atom stereocenters. The Labute approximate surface area is 114 Å². The Bertz CT molecular complexity index is 443. The highest BCUT2D eigenvalue weighted by atomic mass is 16.3. The maximum atomic E-state index is 12.2. The molecule has 0 aromatic carbocycles. The quantitative estimate of drug-likeness (QED) is 0.841. The molecule has 1 aliphatic rings. The molecular formula is C15H22N2O2. The maximum Gasteiger partial charge on any atom is 0.227 e. The van der Waals surface area contributed by atoms with Crippen LogP contribution in [-0.2, 0) is 10.4 Å². The summed E-state index contributed by atoms with van der Waals surface area (Å²) in [4.78, 5) is 18.1. The molecule has 4 heteroatoms. The molecule has 0 spiro atoms. The number of rotatable bonds is 1. The fourth-order valence-corrected chi connectivity index (χ4v) is 2.48. The Morgan fingerprint density at radius 1 is 1.37 bits per heavy atom. The van der Waals surface area contributed by atoms with Crippen molar-refractivity contribution in [1.29, 1.82) is 0 Å². The predicted octanol–water partition coefficient (Wildman–Crippen LogP) is 1.94. The van der Waals surface area contributed by atoms with Crippen LogP contribution in [0.4, 0.5) is 0 Å². The number of carbonyl (C=O) groups is 1. The molecule has 0 bridgehead atoms. The van der Waals surface area contributed by atoms with Crippen molar-refractivity contribution in [2.24, 2.45) is 5.41 Å². The van der Waals surface area contributed by atoms with Crippen LogP contribution in [0.3, 0.4) is 0 Å². The number of aliphatic hydroxyl groups is 1. The first kappa shape index (κ1) is 14.0. The first-order valence-corrected chi connectivity index (χ1v) is 6.75. The minimum Gasteiger partial charge on any atom is -0.385 e. The van der Waals surface area contributed by atoms with Gasteiger partial charge in [-0.05, 0) is 18.9 Å². The zero-order valence-electron chi connectivity index (χ0n) is 11.9. The Morgan fingerprint density at radius 2 is 2.00 bits per heavy atom. The fourth-order valence-electron chi connectivity index (χ4n) is 2.48. The van der Waals surface area contributed by atoms with Crippen LogP contribution in [0.5, 0.6) is 0 Å².